The van der Waals surface area contributed by atoms with Gasteiger partial charge < -0.3 is 14.8 Å². The quantitative estimate of drug-likeness (QED) is 0.788. The molecular formula is C18H16N2O2. The van der Waals surface area contributed by atoms with Crippen LogP contribution in [0, 0.1) is 0 Å². The molecule has 0 saturated carbocycles. The Labute approximate surface area is 128 Å². The lowest BCUT2D eigenvalue weighted by Gasteiger charge is -2.17. The van der Waals surface area contributed by atoms with E-state index >= 15 is 0 Å². The normalized spacial score (nSPS) is 14.0. The third-order valence-electron chi connectivity index (χ3n) is 3.90. The van der Waals surface area contributed by atoms with Gasteiger partial charge in [-0.25, -0.2) is 0 Å². The van der Waals surface area contributed by atoms with Crippen LogP contribution in [0.1, 0.15) is 18.5 Å². The average molecular weight is 292 g/mol. The first-order chi connectivity index (χ1) is 10.8. The third kappa shape index (κ3) is 2.22. The Morgan fingerprint density at radius 3 is 2.86 bits per heavy atom. The molecule has 22 heavy (non-hydrogen) atoms. The van der Waals surface area contributed by atoms with Gasteiger partial charge in [-0.2, -0.15) is 0 Å². The molecule has 1 aliphatic rings. The smallest absolute Gasteiger partial charge is 0.231 e. The first kappa shape index (κ1) is 13.0. The number of para-hydroxylation sites is 1. The molecule has 0 radical (unpaired) electrons. The zero-order chi connectivity index (χ0) is 14.9. The van der Waals surface area contributed by atoms with Crippen LogP contribution >= 0.6 is 0 Å². The number of aromatic nitrogens is 1. The van der Waals surface area contributed by atoms with Crippen molar-refractivity contribution < 1.29 is 9.47 Å². The highest BCUT2D eigenvalue weighted by Gasteiger charge is 2.16. The van der Waals surface area contributed by atoms with Crippen LogP contribution in [-0.4, -0.2) is 11.8 Å². The lowest BCUT2D eigenvalue weighted by molar-refractivity contribution is 0.174. The van der Waals surface area contributed by atoms with Crippen molar-refractivity contribution in [1.29, 1.82) is 0 Å². The fourth-order valence-corrected chi connectivity index (χ4v) is 2.72. The second-order valence-corrected chi connectivity index (χ2v) is 5.36. The van der Waals surface area contributed by atoms with E-state index < -0.39 is 0 Å². The van der Waals surface area contributed by atoms with Crippen molar-refractivity contribution in [2.24, 2.45) is 0 Å². The van der Waals surface area contributed by atoms with Crippen LogP contribution in [-0.2, 0) is 0 Å². The maximum atomic E-state index is 5.45. The summed E-state index contributed by atoms with van der Waals surface area (Å²) in [6.45, 7) is 2.42. The molecule has 1 N–H and O–H groups in total. The van der Waals surface area contributed by atoms with Gasteiger partial charge in [0.25, 0.3) is 0 Å². The second-order valence-electron chi connectivity index (χ2n) is 5.36. The standard InChI is InChI=1S/C18H16N2O2/c1-12(14-7-8-16-17(10-14)22-11-21-16)20-15-6-2-4-13-5-3-9-19-18(13)15/h2-10,12,20H,11H2,1H3. The van der Waals surface area contributed by atoms with Gasteiger partial charge in [0.15, 0.2) is 11.5 Å². The van der Waals surface area contributed by atoms with Gasteiger partial charge in [-0.15, -0.1) is 0 Å². The molecule has 0 fully saturated rings. The molecule has 4 rings (SSSR count). The number of pyridine rings is 1. The van der Waals surface area contributed by atoms with Gasteiger partial charge in [0.2, 0.25) is 6.79 Å². The van der Waals surface area contributed by atoms with E-state index in [0.717, 1.165) is 33.7 Å². The number of rotatable bonds is 3. The molecule has 1 aromatic heterocycles. The summed E-state index contributed by atoms with van der Waals surface area (Å²) in [4.78, 5) is 4.48. The Hall–Kier alpha value is -2.75. The summed E-state index contributed by atoms with van der Waals surface area (Å²) < 4.78 is 10.8. The predicted molar refractivity (Wildman–Crippen MR) is 86.3 cm³/mol. The van der Waals surface area contributed by atoms with Crippen molar-refractivity contribution in [3.8, 4) is 11.5 Å². The SMILES string of the molecule is CC(Nc1cccc2cccnc12)c1ccc2c(c1)OCO2. The van der Waals surface area contributed by atoms with Crippen molar-refractivity contribution in [3.05, 3.63) is 60.3 Å². The van der Waals surface area contributed by atoms with Gasteiger partial charge in [0.05, 0.1) is 11.2 Å². The summed E-state index contributed by atoms with van der Waals surface area (Å²) in [7, 11) is 0. The van der Waals surface area contributed by atoms with E-state index in [9.17, 15) is 0 Å². The molecule has 4 nitrogen and oxygen atoms in total. The summed E-state index contributed by atoms with van der Waals surface area (Å²) in [5.74, 6) is 1.62. The summed E-state index contributed by atoms with van der Waals surface area (Å²) in [6.07, 6.45) is 1.82. The van der Waals surface area contributed by atoms with E-state index in [-0.39, 0.29) is 6.04 Å². The van der Waals surface area contributed by atoms with Gasteiger partial charge in [-0.05, 0) is 36.8 Å². The van der Waals surface area contributed by atoms with E-state index in [1.54, 1.807) is 0 Å². The number of hydrogen-bond acceptors (Lipinski definition) is 4. The number of ether oxygens (including phenoxy) is 2. The van der Waals surface area contributed by atoms with Gasteiger partial charge in [-0.1, -0.05) is 24.3 Å². The first-order valence-electron chi connectivity index (χ1n) is 7.31. The Balaban J connectivity index is 1.65. The van der Waals surface area contributed by atoms with Gasteiger partial charge in [0.1, 0.15) is 0 Å². The van der Waals surface area contributed by atoms with E-state index in [1.165, 1.54) is 0 Å². The van der Waals surface area contributed by atoms with Crippen molar-refractivity contribution in [2.75, 3.05) is 12.1 Å². The fourth-order valence-electron chi connectivity index (χ4n) is 2.72. The first-order valence-corrected chi connectivity index (χ1v) is 7.31. The highest BCUT2D eigenvalue weighted by atomic mass is 16.7. The van der Waals surface area contributed by atoms with Crippen LogP contribution in [0.25, 0.3) is 10.9 Å². The molecule has 0 bridgehead atoms. The van der Waals surface area contributed by atoms with E-state index in [0.29, 0.717) is 6.79 Å². The van der Waals surface area contributed by atoms with Crippen molar-refractivity contribution >= 4 is 16.6 Å². The van der Waals surface area contributed by atoms with Crippen LogP contribution in [0.3, 0.4) is 0 Å². The average Bonchev–Trinajstić information content (AvgIpc) is 3.02. The molecule has 4 heteroatoms. The fraction of sp³-hybridized carbons (Fsp3) is 0.167. The largest absolute Gasteiger partial charge is 0.454 e. The van der Waals surface area contributed by atoms with E-state index in [2.05, 4.69) is 41.5 Å². The van der Waals surface area contributed by atoms with Gasteiger partial charge >= 0.3 is 0 Å². The molecule has 2 aromatic carbocycles. The van der Waals surface area contributed by atoms with Crippen LogP contribution in [0.15, 0.2) is 54.7 Å². The zero-order valence-electron chi connectivity index (χ0n) is 12.2. The van der Waals surface area contributed by atoms with Crippen molar-refractivity contribution in [2.45, 2.75) is 13.0 Å². The molecule has 0 aliphatic carbocycles. The van der Waals surface area contributed by atoms with E-state index in [4.69, 9.17) is 9.47 Å². The molecule has 0 amide bonds. The number of fused-ring (bicyclic) bond motifs is 2. The minimum absolute atomic E-state index is 0.141. The topological polar surface area (TPSA) is 43.4 Å². The van der Waals surface area contributed by atoms with Crippen LogP contribution in [0.2, 0.25) is 0 Å². The zero-order valence-corrected chi connectivity index (χ0v) is 12.2. The molecule has 1 aliphatic heterocycles. The molecule has 1 atom stereocenters. The Bertz CT molecular complexity index is 827. The van der Waals surface area contributed by atoms with Crippen molar-refractivity contribution in [1.82, 2.24) is 4.98 Å². The minimum atomic E-state index is 0.141. The highest BCUT2D eigenvalue weighted by molar-refractivity contribution is 5.90. The molecular weight excluding hydrogens is 276 g/mol. The summed E-state index contributed by atoms with van der Waals surface area (Å²) in [5, 5.41) is 4.66. The van der Waals surface area contributed by atoms with E-state index in [1.807, 2.05) is 30.5 Å². The maximum absolute atomic E-state index is 5.45. The Kier molecular flexibility index (Phi) is 3.07. The Morgan fingerprint density at radius 1 is 1.05 bits per heavy atom. The minimum Gasteiger partial charge on any atom is -0.454 e. The van der Waals surface area contributed by atoms with Crippen LogP contribution in [0.5, 0.6) is 11.5 Å². The third-order valence-corrected chi connectivity index (χ3v) is 3.90. The number of hydrogen-bond donors (Lipinski definition) is 1. The number of anilines is 1. The number of nitrogens with one attached hydrogen (secondary N) is 1. The summed E-state index contributed by atoms with van der Waals surface area (Å²) in [6, 6.07) is 16.4. The number of benzene rings is 2. The molecule has 0 spiro atoms. The van der Waals surface area contributed by atoms with Gasteiger partial charge in [-0.3, -0.25) is 4.98 Å². The van der Waals surface area contributed by atoms with Crippen molar-refractivity contribution in [3.63, 3.8) is 0 Å². The number of nitrogens with zero attached hydrogens (tertiary/aromatic N) is 1. The molecule has 0 saturated heterocycles. The predicted octanol–water partition coefficient (Wildman–Crippen LogP) is 4.14. The second kappa shape index (κ2) is 5.22. The lowest BCUT2D eigenvalue weighted by Crippen LogP contribution is -2.07. The molecule has 3 aromatic rings. The van der Waals surface area contributed by atoms with Gasteiger partial charge in [0, 0.05) is 17.6 Å². The highest BCUT2D eigenvalue weighted by Crippen LogP contribution is 2.35. The summed E-state index contributed by atoms with van der Waals surface area (Å²) in [5.41, 5.74) is 3.16. The lowest BCUT2D eigenvalue weighted by atomic mass is 10.1. The monoisotopic (exact) mass is 292 g/mol. The molecule has 2 heterocycles. The van der Waals surface area contributed by atoms with Crippen LogP contribution in [0.4, 0.5) is 5.69 Å². The Morgan fingerprint density at radius 2 is 1.91 bits per heavy atom. The maximum Gasteiger partial charge on any atom is 0.231 e. The van der Waals surface area contributed by atoms with Crippen LogP contribution < -0.4 is 14.8 Å². The molecule has 110 valence electrons. The summed E-state index contributed by atoms with van der Waals surface area (Å²) >= 11 is 0. The molecule has 1 unspecified atom stereocenters.